The van der Waals surface area contributed by atoms with E-state index in [1.54, 1.807) is 6.07 Å². The summed E-state index contributed by atoms with van der Waals surface area (Å²) >= 11 is 0. The lowest BCUT2D eigenvalue weighted by molar-refractivity contribution is -0.137. The summed E-state index contributed by atoms with van der Waals surface area (Å²) in [5, 5.41) is 9.73. The number of alkyl halides is 3. The largest absolute Gasteiger partial charge is 0.477 e. The van der Waals surface area contributed by atoms with Gasteiger partial charge in [-0.3, -0.25) is 9.97 Å². The topological polar surface area (TPSA) is 78.9 Å². The number of aromatic carboxylic acids is 1. The monoisotopic (exact) mass is 307 g/mol. The maximum atomic E-state index is 12.6. The molecule has 3 aromatic rings. The van der Waals surface area contributed by atoms with Crippen LogP contribution in [0.25, 0.3) is 22.2 Å². The highest BCUT2D eigenvalue weighted by molar-refractivity contribution is 6.06. The number of carboxylic acid groups (broad SMARTS) is 1. The van der Waals surface area contributed by atoms with Crippen molar-refractivity contribution in [1.29, 1.82) is 0 Å². The molecule has 2 N–H and O–H groups in total. The van der Waals surface area contributed by atoms with Gasteiger partial charge in [-0.2, -0.15) is 13.2 Å². The van der Waals surface area contributed by atoms with E-state index in [2.05, 4.69) is 15.0 Å². The van der Waals surface area contributed by atoms with E-state index in [0.29, 0.717) is 17.1 Å². The van der Waals surface area contributed by atoms with Gasteiger partial charge in [0.05, 0.1) is 11.3 Å². The van der Waals surface area contributed by atoms with Crippen LogP contribution in [0.2, 0.25) is 0 Å². The zero-order valence-corrected chi connectivity index (χ0v) is 10.8. The molecule has 0 aromatic carbocycles. The molecule has 0 saturated carbocycles. The molecule has 3 rings (SSSR count). The third kappa shape index (κ3) is 2.28. The van der Waals surface area contributed by atoms with E-state index in [4.69, 9.17) is 0 Å². The van der Waals surface area contributed by atoms with E-state index in [9.17, 15) is 23.1 Å². The first kappa shape index (κ1) is 14.1. The quantitative estimate of drug-likeness (QED) is 0.761. The van der Waals surface area contributed by atoms with Crippen molar-refractivity contribution in [3.05, 3.63) is 48.0 Å². The van der Waals surface area contributed by atoms with Gasteiger partial charge in [0, 0.05) is 35.1 Å². The van der Waals surface area contributed by atoms with Crippen molar-refractivity contribution in [2.24, 2.45) is 0 Å². The maximum Gasteiger partial charge on any atom is 0.417 e. The van der Waals surface area contributed by atoms with Crippen LogP contribution in [0, 0.1) is 0 Å². The van der Waals surface area contributed by atoms with E-state index in [0.717, 1.165) is 12.1 Å². The van der Waals surface area contributed by atoms with Crippen molar-refractivity contribution < 1.29 is 23.1 Å². The fourth-order valence-corrected chi connectivity index (χ4v) is 2.17. The van der Waals surface area contributed by atoms with Crippen LogP contribution in [0.15, 0.2) is 36.8 Å². The molecule has 112 valence electrons. The number of hydrogen-bond acceptors (Lipinski definition) is 3. The van der Waals surface area contributed by atoms with Gasteiger partial charge in [0.2, 0.25) is 0 Å². The van der Waals surface area contributed by atoms with E-state index >= 15 is 0 Å². The molecule has 0 radical (unpaired) electrons. The molecule has 0 spiro atoms. The van der Waals surface area contributed by atoms with Crippen LogP contribution >= 0.6 is 0 Å². The molecule has 0 unspecified atom stereocenters. The summed E-state index contributed by atoms with van der Waals surface area (Å²) in [5.74, 6) is -1.23. The predicted molar refractivity (Wildman–Crippen MR) is 71.3 cm³/mol. The number of aromatic nitrogens is 3. The number of nitrogens with one attached hydrogen (secondary N) is 1. The molecule has 0 aliphatic rings. The van der Waals surface area contributed by atoms with Crippen molar-refractivity contribution in [2.75, 3.05) is 0 Å². The summed E-state index contributed by atoms with van der Waals surface area (Å²) in [7, 11) is 0. The van der Waals surface area contributed by atoms with Crippen LogP contribution in [0.1, 0.15) is 16.1 Å². The highest BCUT2D eigenvalue weighted by Gasteiger charge is 2.31. The molecule has 0 bridgehead atoms. The van der Waals surface area contributed by atoms with Gasteiger partial charge in [-0.1, -0.05) is 0 Å². The van der Waals surface area contributed by atoms with Gasteiger partial charge < -0.3 is 10.1 Å². The number of carbonyl (C=O) groups is 1. The highest BCUT2D eigenvalue weighted by atomic mass is 19.4. The fraction of sp³-hybridized carbons (Fsp3) is 0.0714. The number of H-pyrrole nitrogens is 1. The summed E-state index contributed by atoms with van der Waals surface area (Å²) in [6, 6.07) is 3.59. The first-order valence-corrected chi connectivity index (χ1v) is 6.10. The number of fused-ring (bicyclic) bond motifs is 1. The number of carboxylic acids is 1. The summed E-state index contributed by atoms with van der Waals surface area (Å²) in [6.45, 7) is 0. The summed E-state index contributed by atoms with van der Waals surface area (Å²) < 4.78 is 37.7. The minimum absolute atomic E-state index is 0.129. The van der Waals surface area contributed by atoms with Gasteiger partial charge in [-0.15, -0.1) is 0 Å². The smallest absolute Gasteiger partial charge is 0.417 e. The molecule has 5 nitrogen and oxygen atoms in total. The van der Waals surface area contributed by atoms with Gasteiger partial charge in [-0.25, -0.2) is 4.79 Å². The lowest BCUT2D eigenvalue weighted by atomic mass is 10.1. The third-order valence-electron chi connectivity index (χ3n) is 3.16. The molecule has 3 aromatic heterocycles. The molecule has 0 aliphatic heterocycles. The van der Waals surface area contributed by atoms with Crippen LogP contribution in [0.5, 0.6) is 0 Å². The van der Waals surface area contributed by atoms with Gasteiger partial charge >= 0.3 is 12.1 Å². The Bertz CT molecular complexity index is 854. The highest BCUT2D eigenvalue weighted by Crippen LogP contribution is 2.33. The minimum Gasteiger partial charge on any atom is -0.477 e. The molecule has 0 aliphatic carbocycles. The molecule has 0 saturated heterocycles. The number of nitrogens with zero attached hydrogens (tertiary/aromatic N) is 2. The SMILES string of the molecule is O=C(O)c1[nH]c2ccncc2c1-c1ccc(C(F)(F)F)cn1. The molecule has 3 heterocycles. The van der Waals surface area contributed by atoms with Crippen LogP contribution in [-0.2, 0) is 6.18 Å². The molecule has 0 fully saturated rings. The second-order valence-corrected chi connectivity index (χ2v) is 4.53. The summed E-state index contributed by atoms with van der Waals surface area (Å²) in [5.41, 5.74) is -0.181. The number of rotatable bonds is 2. The van der Waals surface area contributed by atoms with Crippen LogP contribution in [-0.4, -0.2) is 26.0 Å². The van der Waals surface area contributed by atoms with Crippen molar-refractivity contribution >= 4 is 16.9 Å². The Balaban J connectivity index is 2.21. The second kappa shape index (κ2) is 4.83. The van der Waals surface area contributed by atoms with E-state index in [1.165, 1.54) is 12.4 Å². The zero-order chi connectivity index (χ0) is 15.9. The summed E-state index contributed by atoms with van der Waals surface area (Å²) in [4.78, 5) is 21.7. The normalized spacial score (nSPS) is 11.8. The molecular formula is C14H8F3N3O2. The number of halogens is 3. The van der Waals surface area contributed by atoms with Crippen molar-refractivity contribution in [3.8, 4) is 11.3 Å². The number of pyridine rings is 2. The molecule has 22 heavy (non-hydrogen) atoms. The Morgan fingerprint density at radius 1 is 1.18 bits per heavy atom. The Kier molecular flexibility index (Phi) is 3.09. The van der Waals surface area contributed by atoms with Crippen molar-refractivity contribution in [2.45, 2.75) is 6.18 Å². The first-order chi connectivity index (χ1) is 10.4. The van der Waals surface area contributed by atoms with Crippen LogP contribution < -0.4 is 0 Å². The first-order valence-electron chi connectivity index (χ1n) is 6.10. The van der Waals surface area contributed by atoms with Gasteiger partial charge in [0.1, 0.15) is 5.69 Å². The van der Waals surface area contributed by atoms with Crippen molar-refractivity contribution in [1.82, 2.24) is 15.0 Å². The van der Waals surface area contributed by atoms with Gasteiger partial charge in [-0.05, 0) is 18.2 Å². The van der Waals surface area contributed by atoms with Crippen molar-refractivity contribution in [3.63, 3.8) is 0 Å². The third-order valence-corrected chi connectivity index (χ3v) is 3.16. The van der Waals surface area contributed by atoms with Crippen LogP contribution in [0.4, 0.5) is 13.2 Å². The molecule has 0 atom stereocenters. The Labute approximate surface area is 121 Å². The number of aromatic amines is 1. The van der Waals surface area contributed by atoms with Crippen LogP contribution in [0.3, 0.4) is 0 Å². The molecule has 0 amide bonds. The molecule has 8 heteroatoms. The average Bonchev–Trinajstić information content (AvgIpc) is 2.86. The second-order valence-electron chi connectivity index (χ2n) is 4.53. The number of hydrogen-bond donors (Lipinski definition) is 2. The van der Waals surface area contributed by atoms with Gasteiger partial charge in [0.15, 0.2) is 0 Å². The van der Waals surface area contributed by atoms with E-state index < -0.39 is 17.7 Å². The predicted octanol–water partition coefficient (Wildman–Crippen LogP) is 3.34. The Morgan fingerprint density at radius 2 is 1.95 bits per heavy atom. The average molecular weight is 307 g/mol. The lowest BCUT2D eigenvalue weighted by Gasteiger charge is -2.07. The fourth-order valence-electron chi connectivity index (χ4n) is 2.17. The lowest BCUT2D eigenvalue weighted by Crippen LogP contribution is -2.05. The van der Waals surface area contributed by atoms with E-state index in [-0.39, 0.29) is 17.0 Å². The summed E-state index contributed by atoms with van der Waals surface area (Å²) in [6.07, 6.45) is -0.902. The molecular weight excluding hydrogens is 299 g/mol. The maximum absolute atomic E-state index is 12.6. The Hall–Kier alpha value is -2.90. The van der Waals surface area contributed by atoms with Gasteiger partial charge in [0.25, 0.3) is 0 Å². The zero-order valence-electron chi connectivity index (χ0n) is 10.8. The minimum atomic E-state index is -4.50. The van der Waals surface area contributed by atoms with E-state index in [1.807, 2.05) is 0 Å². The Morgan fingerprint density at radius 3 is 2.55 bits per heavy atom. The standard InChI is InChI=1S/C14H8F3N3O2/c15-14(16,17)7-1-2-10(19-5-7)11-8-6-18-4-3-9(8)20-12(11)13(21)22/h1-6,20H,(H,21,22).